The highest BCUT2D eigenvalue weighted by atomic mass is 16.5. The Balaban J connectivity index is 1.47. The number of nitrogens with one attached hydrogen (secondary N) is 1. The fourth-order valence-corrected chi connectivity index (χ4v) is 3.85. The van der Waals surface area contributed by atoms with E-state index in [1.54, 1.807) is 0 Å². The van der Waals surface area contributed by atoms with Crippen molar-refractivity contribution < 1.29 is 8.94 Å². The van der Waals surface area contributed by atoms with Gasteiger partial charge in [0.2, 0.25) is 11.7 Å². The molecule has 0 saturated carbocycles. The number of rotatable bonds is 3. The van der Waals surface area contributed by atoms with Gasteiger partial charge in [0, 0.05) is 31.7 Å². The molecule has 3 atom stereocenters. The predicted octanol–water partition coefficient (Wildman–Crippen LogP) is 2.55. The van der Waals surface area contributed by atoms with Crippen LogP contribution in [0.4, 0.5) is 6.01 Å². The van der Waals surface area contributed by atoms with Gasteiger partial charge in [-0.25, -0.2) is 0 Å². The summed E-state index contributed by atoms with van der Waals surface area (Å²) in [7, 11) is 3.81. The second kappa shape index (κ2) is 5.04. The third-order valence-electron chi connectivity index (χ3n) is 5.08. The average Bonchev–Trinajstić information content (AvgIpc) is 3.34. The molecule has 0 aliphatic carbocycles. The number of oxazole rings is 1. The Morgan fingerprint density at radius 2 is 2.12 bits per heavy atom. The molecule has 2 aromatic heterocycles. The molecule has 0 radical (unpaired) electrons. The molecule has 2 aliphatic rings. The van der Waals surface area contributed by atoms with Crippen molar-refractivity contribution in [2.75, 3.05) is 19.0 Å². The van der Waals surface area contributed by atoms with Crippen LogP contribution in [0.15, 0.2) is 27.1 Å². The van der Waals surface area contributed by atoms with E-state index >= 15 is 0 Å². The van der Waals surface area contributed by atoms with Crippen molar-refractivity contribution in [3.63, 3.8) is 0 Å². The number of nitrogens with zero attached hydrogens (tertiary/aromatic N) is 4. The zero-order chi connectivity index (χ0) is 16.3. The minimum atomic E-state index is 0.348. The SMILES string of the molecule is CN(C)c1nc2cc(-c3noc([C@@H]4C[C@@H]5CC[C@H]4N5)n3)ccc2o1. The van der Waals surface area contributed by atoms with Gasteiger partial charge in [-0.2, -0.15) is 9.97 Å². The molecule has 2 aliphatic heterocycles. The molecule has 1 aromatic carbocycles. The summed E-state index contributed by atoms with van der Waals surface area (Å²) in [5.74, 6) is 1.71. The molecule has 24 heavy (non-hydrogen) atoms. The van der Waals surface area contributed by atoms with E-state index in [1.807, 2.05) is 37.2 Å². The second-order valence-corrected chi connectivity index (χ2v) is 6.92. The Hall–Kier alpha value is -2.41. The third kappa shape index (κ3) is 2.11. The monoisotopic (exact) mass is 325 g/mol. The van der Waals surface area contributed by atoms with Crippen LogP contribution >= 0.6 is 0 Å². The van der Waals surface area contributed by atoms with E-state index in [1.165, 1.54) is 12.8 Å². The second-order valence-electron chi connectivity index (χ2n) is 6.92. The van der Waals surface area contributed by atoms with Gasteiger partial charge in [0.05, 0.1) is 5.92 Å². The summed E-state index contributed by atoms with van der Waals surface area (Å²) in [6, 6.07) is 7.49. The average molecular weight is 325 g/mol. The van der Waals surface area contributed by atoms with Gasteiger partial charge in [-0.05, 0) is 37.5 Å². The molecule has 1 N–H and O–H groups in total. The molecule has 2 bridgehead atoms. The lowest BCUT2D eigenvalue weighted by atomic mass is 9.89. The van der Waals surface area contributed by atoms with Gasteiger partial charge in [0.25, 0.3) is 6.01 Å². The number of benzene rings is 1. The van der Waals surface area contributed by atoms with Crippen molar-refractivity contribution in [3.05, 3.63) is 24.1 Å². The summed E-state index contributed by atoms with van der Waals surface area (Å²) < 4.78 is 11.2. The first-order valence-electron chi connectivity index (χ1n) is 8.35. The van der Waals surface area contributed by atoms with Crippen molar-refractivity contribution in [1.82, 2.24) is 20.4 Å². The Bertz CT molecular complexity index is 899. The quantitative estimate of drug-likeness (QED) is 0.792. The Morgan fingerprint density at radius 3 is 2.88 bits per heavy atom. The lowest BCUT2D eigenvalue weighted by molar-refractivity contribution is 0.329. The fourth-order valence-electron chi connectivity index (χ4n) is 3.85. The molecule has 0 spiro atoms. The van der Waals surface area contributed by atoms with Crippen LogP contribution in [-0.2, 0) is 0 Å². The molecular formula is C17H19N5O2. The number of hydrogen-bond donors (Lipinski definition) is 1. The van der Waals surface area contributed by atoms with E-state index in [-0.39, 0.29) is 0 Å². The van der Waals surface area contributed by atoms with Crippen LogP contribution in [0, 0.1) is 0 Å². The standard InChI is InChI=1S/C17H19N5O2/c1-22(2)17-19-13-7-9(3-6-14(13)23-17)15-20-16(24-21-15)11-8-10-4-5-12(11)18-10/h3,6-7,10-12,18H,4-5,8H2,1-2H3/t10-,11+,12+/m0/s1. The van der Waals surface area contributed by atoms with E-state index in [9.17, 15) is 0 Å². The van der Waals surface area contributed by atoms with Gasteiger partial charge < -0.3 is 19.2 Å². The first-order chi connectivity index (χ1) is 11.7. The molecule has 2 saturated heterocycles. The largest absolute Gasteiger partial charge is 0.423 e. The molecule has 2 fully saturated rings. The Morgan fingerprint density at radius 1 is 1.21 bits per heavy atom. The lowest BCUT2D eigenvalue weighted by Crippen LogP contribution is -2.21. The number of fused-ring (bicyclic) bond motifs is 3. The highest BCUT2D eigenvalue weighted by Gasteiger charge is 2.42. The highest BCUT2D eigenvalue weighted by Crippen LogP contribution is 2.39. The maximum Gasteiger partial charge on any atom is 0.297 e. The smallest absolute Gasteiger partial charge is 0.297 e. The lowest BCUT2D eigenvalue weighted by Gasteiger charge is -2.15. The van der Waals surface area contributed by atoms with Gasteiger partial charge in [-0.1, -0.05) is 5.16 Å². The first-order valence-corrected chi connectivity index (χ1v) is 8.35. The normalized spacial score (nSPS) is 25.7. The summed E-state index contributed by atoms with van der Waals surface area (Å²) in [5.41, 5.74) is 2.44. The molecule has 0 amide bonds. The van der Waals surface area contributed by atoms with Gasteiger partial charge in [-0.15, -0.1) is 0 Å². The molecule has 4 heterocycles. The zero-order valence-electron chi connectivity index (χ0n) is 13.7. The zero-order valence-corrected chi connectivity index (χ0v) is 13.7. The van der Waals surface area contributed by atoms with Gasteiger partial charge >= 0.3 is 0 Å². The predicted molar refractivity (Wildman–Crippen MR) is 88.9 cm³/mol. The Labute approximate surface area is 139 Å². The maximum absolute atomic E-state index is 5.68. The van der Waals surface area contributed by atoms with E-state index in [2.05, 4.69) is 20.4 Å². The first kappa shape index (κ1) is 14.0. The molecule has 7 heteroatoms. The minimum Gasteiger partial charge on any atom is -0.423 e. The van der Waals surface area contributed by atoms with Crippen LogP contribution in [0.1, 0.15) is 31.1 Å². The van der Waals surface area contributed by atoms with Crippen molar-refractivity contribution >= 4 is 17.1 Å². The Kier molecular flexibility index (Phi) is 2.94. The van der Waals surface area contributed by atoms with Crippen LogP contribution in [-0.4, -0.2) is 41.3 Å². The van der Waals surface area contributed by atoms with Crippen molar-refractivity contribution in [2.45, 2.75) is 37.3 Å². The van der Waals surface area contributed by atoms with E-state index < -0.39 is 0 Å². The van der Waals surface area contributed by atoms with Crippen molar-refractivity contribution in [1.29, 1.82) is 0 Å². The summed E-state index contributed by atoms with van der Waals surface area (Å²) in [6.45, 7) is 0. The van der Waals surface area contributed by atoms with E-state index in [0.29, 0.717) is 29.8 Å². The number of aromatic nitrogens is 3. The van der Waals surface area contributed by atoms with E-state index in [4.69, 9.17) is 8.94 Å². The van der Waals surface area contributed by atoms with Crippen LogP contribution in [0.25, 0.3) is 22.5 Å². The maximum atomic E-state index is 5.68. The van der Waals surface area contributed by atoms with Crippen LogP contribution in [0.5, 0.6) is 0 Å². The molecular weight excluding hydrogens is 306 g/mol. The van der Waals surface area contributed by atoms with Crippen LogP contribution < -0.4 is 10.2 Å². The fraction of sp³-hybridized carbons (Fsp3) is 0.471. The number of hydrogen-bond acceptors (Lipinski definition) is 7. The summed E-state index contributed by atoms with van der Waals surface area (Å²) in [4.78, 5) is 11.0. The summed E-state index contributed by atoms with van der Waals surface area (Å²) in [6.07, 6.45) is 3.56. The van der Waals surface area contributed by atoms with Crippen molar-refractivity contribution in [3.8, 4) is 11.4 Å². The summed E-state index contributed by atoms with van der Waals surface area (Å²) in [5, 5.41) is 7.79. The molecule has 7 nitrogen and oxygen atoms in total. The van der Waals surface area contributed by atoms with Gasteiger partial charge in [-0.3, -0.25) is 0 Å². The summed E-state index contributed by atoms with van der Waals surface area (Å²) >= 11 is 0. The van der Waals surface area contributed by atoms with Crippen LogP contribution in [0.2, 0.25) is 0 Å². The molecule has 124 valence electrons. The van der Waals surface area contributed by atoms with E-state index in [0.717, 1.165) is 29.0 Å². The minimum absolute atomic E-state index is 0.348. The van der Waals surface area contributed by atoms with Gasteiger partial charge in [0.1, 0.15) is 5.52 Å². The number of anilines is 1. The van der Waals surface area contributed by atoms with Crippen LogP contribution in [0.3, 0.4) is 0 Å². The highest BCUT2D eigenvalue weighted by molar-refractivity contribution is 5.80. The van der Waals surface area contributed by atoms with Gasteiger partial charge in [0.15, 0.2) is 5.58 Å². The molecule has 0 unspecified atom stereocenters. The topological polar surface area (TPSA) is 80.2 Å². The molecule has 3 aromatic rings. The third-order valence-corrected chi connectivity index (χ3v) is 5.08. The van der Waals surface area contributed by atoms with Crippen molar-refractivity contribution in [2.24, 2.45) is 0 Å². The molecule has 5 rings (SSSR count).